The van der Waals surface area contributed by atoms with Crippen molar-refractivity contribution in [2.45, 2.75) is 52.2 Å². The number of nitrogens with zero attached hydrogens (tertiary/aromatic N) is 3. The highest BCUT2D eigenvalue weighted by atomic mass is 32.1. The molecule has 1 aromatic heterocycles. The Morgan fingerprint density at radius 1 is 1.19 bits per heavy atom. The van der Waals surface area contributed by atoms with E-state index in [1.54, 1.807) is 0 Å². The molecule has 0 aromatic carbocycles. The Kier molecular flexibility index (Phi) is 4.37. The van der Waals surface area contributed by atoms with E-state index < -0.39 is 0 Å². The minimum absolute atomic E-state index is 0.0623. The van der Waals surface area contributed by atoms with E-state index in [0.717, 1.165) is 45.7 Å². The molecule has 21 heavy (non-hydrogen) atoms. The van der Waals surface area contributed by atoms with Gasteiger partial charge in [0.1, 0.15) is 5.01 Å². The van der Waals surface area contributed by atoms with Crippen LogP contribution in [0, 0.1) is 0 Å². The Hall–Kier alpha value is -0.490. The molecule has 3 rings (SSSR count). The van der Waals surface area contributed by atoms with E-state index in [9.17, 15) is 0 Å². The van der Waals surface area contributed by atoms with Crippen LogP contribution in [0.25, 0.3) is 0 Å². The Labute approximate surface area is 132 Å². The second-order valence-electron chi connectivity index (χ2n) is 7.00. The molecule has 0 bridgehead atoms. The molecular formula is C16H28N4S. The molecule has 1 saturated heterocycles. The van der Waals surface area contributed by atoms with Crippen LogP contribution < -0.4 is 5.32 Å². The molecular weight excluding hydrogens is 280 g/mol. The molecule has 5 heteroatoms. The first kappa shape index (κ1) is 15.4. The molecule has 4 nitrogen and oxygen atoms in total. The lowest BCUT2D eigenvalue weighted by Crippen LogP contribution is -2.51. The summed E-state index contributed by atoms with van der Waals surface area (Å²) in [5.74, 6) is 0. The fraction of sp³-hybridized carbons (Fsp3) is 0.812. The van der Waals surface area contributed by atoms with Crippen LogP contribution in [-0.4, -0.2) is 53.5 Å². The number of piperazine rings is 1. The highest BCUT2D eigenvalue weighted by Gasteiger charge is 2.34. The molecule has 0 atom stereocenters. The second kappa shape index (κ2) is 5.95. The Morgan fingerprint density at radius 2 is 1.90 bits per heavy atom. The van der Waals surface area contributed by atoms with Crippen LogP contribution in [0.15, 0.2) is 0 Å². The van der Waals surface area contributed by atoms with Crippen molar-refractivity contribution in [3.8, 4) is 0 Å². The van der Waals surface area contributed by atoms with Crippen molar-refractivity contribution in [2.24, 2.45) is 0 Å². The zero-order valence-corrected chi connectivity index (χ0v) is 14.6. The van der Waals surface area contributed by atoms with Crippen LogP contribution >= 0.6 is 11.3 Å². The molecule has 0 spiro atoms. The van der Waals surface area contributed by atoms with E-state index in [-0.39, 0.29) is 5.54 Å². The number of hydrogen-bond acceptors (Lipinski definition) is 5. The molecule has 2 aliphatic heterocycles. The third kappa shape index (κ3) is 3.02. The zero-order valence-electron chi connectivity index (χ0n) is 13.8. The summed E-state index contributed by atoms with van der Waals surface area (Å²) in [5, 5.41) is 4.75. The first-order valence-corrected chi connectivity index (χ1v) is 8.99. The smallest absolute Gasteiger partial charge is 0.113 e. The monoisotopic (exact) mass is 308 g/mol. The summed E-state index contributed by atoms with van der Waals surface area (Å²) in [5.41, 5.74) is 1.42. The van der Waals surface area contributed by atoms with Crippen molar-refractivity contribution in [3.05, 3.63) is 15.6 Å². The second-order valence-corrected chi connectivity index (χ2v) is 8.08. The summed E-state index contributed by atoms with van der Waals surface area (Å²) in [6.07, 6.45) is 1.11. The van der Waals surface area contributed by atoms with Crippen molar-refractivity contribution in [1.82, 2.24) is 20.1 Å². The molecule has 1 fully saturated rings. The van der Waals surface area contributed by atoms with Gasteiger partial charge >= 0.3 is 0 Å². The minimum Gasteiger partial charge on any atom is -0.314 e. The molecule has 0 aliphatic carbocycles. The third-order valence-electron chi connectivity index (χ3n) is 4.92. The number of hydrogen-bond donors (Lipinski definition) is 1. The van der Waals surface area contributed by atoms with Crippen LogP contribution in [0.1, 0.15) is 43.3 Å². The zero-order chi connectivity index (χ0) is 15.0. The topological polar surface area (TPSA) is 31.4 Å². The predicted molar refractivity (Wildman–Crippen MR) is 88.8 cm³/mol. The molecule has 0 unspecified atom stereocenters. The Balaban J connectivity index is 1.80. The Bertz CT molecular complexity index is 488. The predicted octanol–water partition coefficient (Wildman–Crippen LogP) is 2.05. The first-order chi connectivity index (χ1) is 9.98. The van der Waals surface area contributed by atoms with Crippen molar-refractivity contribution < 1.29 is 0 Å². The van der Waals surface area contributed by atoms with Crippen molar-refractivity contribution in [2.75, 3.05) is 32.7 Å². The summed E-state index contributed by atoms with van der Waals surface area (Å²) in [6, 6.07) is 0.630. The van der Waals surface area contributed by atoms with Gasteiger partial charge in [0.25, 0.3) is 0 Å². The van der Waals surface area contributed by atoms with Crippen LogP contribution in [0.4, 0.5) is 0 Å². The lowest BCUT2D eigenvalue weighted by molar-refractivity contribution is 0.102. The van der Waals surface area contributed by atoms with Crippen molar-refractivity contribution >= 4 is 11.3 Å². The summed E-state index contributed by atoms with van der Waals surface area (Å²) < 4.78 is 0. The van der Waals surface area contributed by atoms with Gasteiger partial charge in [-0.2, -0.15) is 0 Å². The molecule has 2 aliphatic rings. The van der Waals surface area contributed by atoms with Crippen LogP contribution in [0.5, 0.6) is 0 Å². The number of rotatable bonds is 3. The average Bonchev–Trinajstić information content (AvgIpc) is 2.91. The van der Waals surface area contributed by atoms with Gasteiger partial charge in [-0.25, -0.2) is 4.98 Å². The van der Waals surface area contributed by atoms with E-state index in [4.69, 9.17) is 4.98 Å². The summed E-state index contributed by atoms with van der Waals surface area (Å²) in [7, 11) is 0. The quantitative estimate of drug-likeness (QED) is 0.926. The van der Waals surface area contributed by atoms with E-state index in [2.05, 4.69) is 42.8 Å². The molecule has 1 N–H and O–H groups in total. The molecule has 118 valence electrons. The van der Waals surface area contributed by atoms with E-state index in [1.807, 2.05) is 11.3 Å². The maximum Gasteiger partial charge on any atom is 0.113 e. The standard InChI is InChI=1S/C16H28N4S/c1-12(2)19-8-5-13-14(11-19)21-15(18-13)16(3,4)20-9-6-17-7-10-20/h12,17H,5-11H2,1-4H3. The molecule has 0 saturated carbocycles. The van der Waals surface area contributed by atoms with Crippen LogP contribution in [0.3, 0.4) is 0 Å². The summed E-state index contributed by atoms with van der Waals surface area (Å²) in [6.45, 7) is 15.9. The first-order valence-electron chi connectivity index (χ1n) is 8.17. The van der Waals surface area contributed by atoms with Gasteiger partial charge in [0.2, 0.25) is 0 Å². The van der Waals surface area contributed by atoms with Gasteiger partial charge in [-0.1, -0.05) is 0 Å². The van der Waals surface area contributed by atoms with Gasteiger partial charge < -0.3 is 5.32 Å². The SMILES string of the molecule is CC(C)N1CCc2nc(C(C)(C)N3CCNCC3)sc2C1. The van der Waals surface area contributed by atoms with E-state index in [0.29, 0.717) is 6.04 Å². The average molecular weight is 308 g/mol. The van der Waals surface area contributed by atoms with E-state index in [1.165, 1.54) is 15.6 Å². The number of thiazole rings is 1. The summed E-state index contributed by atoms with van der Waals surface area (Å²) in [4.78, 5) is 11.6. The highest BCUT2D eigenvalue weighted by molar-refractivity contribution is 7.11. The lowest BCUT2D eigenvalue weighted by Gasteiger charge is -2.39. The van der Waals surface area contributed by atoms with Gasteiger partial charge in [-0.05, 0) is 27.7 Å². The van der Waals surface area contributed by atoms with Crippen molar-refractivity contribution in [3.63, 3.8) is 0 Å². The van der Waals surface area contributed by atoms with Gasteiger partial charge in [0.05, 0.1) is 11.2 Å². The molecule has 3 heterocycles. The van der Waals surface area contributed by atoms with Crippen molar-refractivity contribution in [1.29, 1.82) is 0 Å². The maximum atomic E-state index is 5.02. The van der Waals surface area contributed by atoms with Gasteiger partial charge in [0, 0.05) is 56.6 Å². The third-order valence-corrected chi connectivity index (χ3v) is 6.32. The summed E-state index contributed by atoms with van der Waals surface area (Å²) >= 11 is 1.94. The van der Waals surface area contributed by atoms with Crippen LogP contribution in [-0.2, 0) is 18.5 Å². The number of fused-ring (bicyclic) bond motifs is 1. The van der Waals surface area contributed by atoms with E-state index >= 15 is 0 Å². The van der Waals surface area contributed by atoms with Gasteiger partial charge in [-0.3, -0.25) is 9.80 Å². The fourth-order valence-electron chi connectivity index (χ4n) is 3.28. The lowest BCUT2D eigenvalue weighted by atomic mass is 10.0. The Morgan fingerprint density at radius 3 is 2.57 bits per heavy atom. The van der Waals surface area contributed by atoms with Gasteiger partial charge in [0.15, 0.2) is 0 Å². The normalized spacial score (nSPS) is 21.8. The number of nitrogens with one attached hydrogen (secondary N) is 1. The van der Waals surface area contributed by atoms with Crippen LogP contribution in [0.2, 0.25) is 0 Å². The highest BCUT2D eigenvalue weighted by Crippen LogP contribution is 2.35. The molecule has 0 radical (unpaired) electrons. The number of aromatic nitrogens is 1. The van der Waals surface area contributed by atoms with Gasteiger partial charge in [-0.15, -0.1) is 11.3 Å². The molecule has 1 aromatic rings. The fourth-order valence-corrected chi connectivity index (χ4v) is 4.54. The maximum absolute atomic E-state index is 5.02. The molecule has 0 amide bonds. The largest absolute Gasteiger partial charge is 0.314 e. The minimum atomic E-state index is 0.0623.